The van der Waals surface area contributed by atoms with Gasteiger partial charge in [0.15, 0.2) is 0 Å². The Morgan fingerprint density at radius 2 is 1.75 bits per heavy atom. The summed E-state index contributed by atoms with van der Waals surface area (Å²) in [7, 11) is 2.16. The van der Waals surface area contributed by atoms with Gasteiger partial charge in [0.2, 0.25) is 0 Å². The van der Waals surface area contributed by atoms with Gasteiger partial charge in [-0.15, -0.1) is 0 Å². The zero-order chi connectivity index (χ0) is 16.9. The molecule has 0 radical (unpaired) electrons. The van der Waals surface area contributed by atoms with Crippen molar-refractivity contribution >= 4 is 23.0 Å². The molecule has 3 rings (SSSR count). The summed E-state index contributed by atoms with van der Waals surface area (Å²) < 4.78 is 0. The lowest BCUT2D eigenvalue weighted by atomic mass is 10.1. The van der Waals surface area contributed by atoms with Gasteiger partial charge in [0.1, 0.15) is 0 Å². The van der Waals surface area contributed by atoms with Gasteiger partial charge >= 0.3 is 0 Å². The van der Waals surface area contributed by atoms with Gasteiger partial charge in [-0.05, 0) is 56.4 Å². The zero-order valence-electron chi connectivity index (χ0n) is 14.0. The number of benzene rings is 2. The highest BCUT2D eigenvalue weighted by Crippen LogP contribution is 2.20. The first-order valence-corrected chi connectivity index (χ1v) is 8.33. The van der Waals surface area contributed by atoms with Crippen LogP contribution in [0.4, 0.5) is 17.1 Å². The van der Waals surface area contributed by atoms with Crippen molar-refractivity contribution in [3.05, 3.63) is 54.1 Å². The number of likely N-dealkylation sites (N-methyl/N-ethyl adjacent to an activating group) is 1. The van der Waals surface area contributed by atoms with E-state index in [4.69, 9.17) is 5.73 Å². The number of anilines is 3. The number of nitrogens with one attached hydrogen (secondary N) is 1. The Kier molecular flexibility index (Phi) is 5.01. The van der Waals surface area contributed by atoms with E-state index in [1.807, 2.05) is 36.4 Å². The first-order chi connectivity index (χ1) is 11.6. The quantitative estimate of drug-likeness (QED) is 0.852. The molecule has 1 aliphatic heterocycles. The molecule has 3 N–H and O–H groups in total. The maximum Gasteiger partial charge on any atom is 0.255 e. The van der Waals surface area contributed by atoms with Crippen LogP contribution in [0.15, 0.2) is 48.5 Å². The van der Waals surface area contributed by atoms with E-state index in [1.165, 1.54) is 5.69 Å². The van der Waals surface area contributed by atoms with Gasteiger partial charge in [-0.3, -0.25) is 4.79 Å². The van der Waals surface area contributed by atoms with E-state index < -0.39 is 0 Å². The molecule has 126 valence electrons. The number of nitrogen functional groups attached to an aromatic ring is 1. The molecule has 5 nitrogen and oxygen atoms in total. The minimum atomic E-state index is -0.143. The molecule has 0 aliphatic carbocycles. The van der Waals surface area contributed by atoms with E-state index in [-0.39, 0.29) is 5.91 Å². The standard InChI is InChI=1S/C19H24N4O/c1-22-11-4-12-23(14-13-22)16-9-7-15(8-10-16)19(24)21-18-6-3-2-5-17(18)20/h2-3,5-10H,4,11-14,20H2,1H3,(H,21,24). The van der Waals surface area contributed by atoms with Crippen LogP contribution in [0, 0.1) is 0 Å². The molecule has 0 spiro atoms. The third-order valence-corrected chi connectivity index (χ3v) is 4.42. The van der Waals surface area contributed by atoms with Crippen molar-refractivity contribution in [2.45, 2.75) is 6.42 Å². The fourth-order valence-electron chi connectivity index (χ4n) is 2.93. The van der Waals surface area contributed by atoms with E-state index in [0.29, 0.717) is 16.9 Å². The molecular formula is C19H24N4O. The smallest absolute Gasteiger partial charge is 0.255 e. The van der Waals surface area contributed by atoms with Crippen LogP contribution in [-0.4, -0.2) is 44.0 Å². The average Bonchev–Trinajstić information content (AvgIpc) is 2.82. The summed E-state index contributed by atoms with van der Waals surface area (Å²) >= 11 is 0. The Morgan fingerprint density at radius 1 is 1.00 bits per heavy atom. The highest BCUT2D eigenvalue weighted by molar-refractivity contribution is 6.05. The van der Waals surface area contributed by atoms with E-state index >= 15 is 0 Å². The summed E-state index contributed by atoms with van der Waals surface area (Å²) in [6.45, 7) is 4.27. The van der Waals surface area contributed by atoms with Gasteiger partial charge in [-0.1, -0.05) is 12.1 Å². The summed E-state index contributed by atoms with van der Waals surface area (Å²) in [6, 6.07) is 15.1. The maximum absolute atomic E-state index is 12.4. The monoisotopic (exact) mass is 324 g/mol. The van der Waals surface area contributed by atoms with Crippen molar-refractivity contribution in [2.75, 3.05) is 49.2 Å². The first-order valence-electron chi connectivity index (χ1n) is 8.33. The van der Waals surface area contributed by atoms with Crippen molar-refractivity contribution in [1.29, 1.82) is 0 Å². The Bertz CT molecular complexity index is 699. The Balaban J connectivity index is 1.67. The second-order valence-corrected chi connectivity index (χ2v) is 6.23. The maximum atomic E-state index is 12.4. The molecule has 0 saturated carbocycles. The van der Waals surface area contributed by atoms with Gasteiger partial charge < -0.3 is 20.9 Å². The Morgan fingerprint density at radius 3 is 2.50 bits per heavy atom. The molecule has 5 heteroatoms. The molecule has 0 atom stereocenters. The number of hydrogen-bond donors (Lipinski definition) is 2. The largest absolute Gasteiger partial charge is 0.397 e. The number of rotatable bonds is 3. The molecule has 1 amide bonds. The summed E-state index contributed by atoms with van der Waals surface area (Å²) in [5.74, 6) is -0.143. The van der Waals surface area contributed by atoms with Crippen LogP contribution in [0.2, 0.25) is 0 Å². The molecule has 1 fully saturated rings. The fourth-order valence-corrected chi connectivity index (χ4v) is 2.93. The fraction of sp³-hybridized carbons (Fsp3) is 0.316. The Labute approximate surface area is 143 Å². The lowest BCUT2D eigenvalue weighted by Crippen LogP contribution is -2.28. The summed E-state index contributed by atoms with van der Waals surface area (Å²) in [5, 5.41) is 2.86. The van der Waals surface area contributed by atoms with Gasteiger partial charge in [-0.2, -0.15) is 0 Å². The van der Waals surface area contributed by atoms with Crippen LogP contribution in [0.5, 0.6) is 0 Å². The van der Waals surface area contributed by atoms with Crippen molar-refractivity contribution < 1.29 is 4.79 Å². The van der Waals surface area contributed by atoms with Gasteiger partial charge in [-0.25, -0.2) is 0 Å². The summed E-state index contributed by atoms with van der Waals surface area (Å²) in [5.41, 5.74) is 8.88. The predicted octanol–water partition coefficient (Wildman–Crippen LogP) is 2.66. The number of carbonyl (C=O) groups is 1. The lowest BCUT2D eigenvalue weighted by molar-refractivity contribution is 0.102. The minimum absolute atomic E-state index is 0.143. The molecule has 1 aliphatic rings. The molecule has 1 saturated heterocycles. The number of para-hydroxylation sites is 2. The third kappa shape index (κ3) is 3.86. The summed E-state index contributed by atoms with van der Waals surface area (Å²) in [6.07, 6.45) is 1.16. The lowest BCUT2D eigenvalue weighted by Gasteiger charge is -2.23. The van der Waals surface area contributed by atoms with Crippen LogP contribution in [0.1, 0.15) is 16.8 Å². The van der Waals surface area contributed by atoms with Crippen molar-refractivity contribution in [1.82, 2.24) is 4.90 Å². The number of amides is 1. The molecule has 0 bridgehead atoms. The second kappa shape index (κ2) is 7.36. The molecule has 0 aromatic heterocycles. The van der Waals surface area contributed by atoms with Gasteiger partial charge in [0, 0.05) is 30.9 Å². The molecule has 2 aromatic carbocycles. The van der Waals surface area contributed by atoms with Crippen LogP contribution in [0.3, 0.4) is 0 Å². The SMILES string of the molecule is CN1CCCN(c2ccc(C(=O)Nc3ccccc3N)cc2)CC1. The van der Waals surface area contributed by atoms with Crippen molar-refractivity contribution in [3.8, 4) is 0 Å². The normalized spacial score (nSPS) is 15.8. The third-order valence-electron chi connectivity index (χ3n) is 4.42. The minimum Gasteiger partial charge on any atom is -0.397 e. The van der Waals surface area contributed by atoms with E-state index in [9.17, 15) is 4.79 Å². The molecule has 1 heterocycles. The van der Waals surface area contributed by atoms with Crippen molar-refractivity contribution in [3.63, 3.8) is 0 Å². The molecular weight excluding hydrogens is 300 g/mol. The number of nitrogens with two attached hydrogens (primary N) is 1. The number of hydrogen-bond acceptors (Lipinski definition) is 4. The molecule has 24 heavy (non-hydrogen) atoms. The average molecular weight is 324 g/mol. The molecule has 0 unspecified atom stereocenters. The highest BCUT2D eigenvalue weighted by atomic mass is 16.1. The number of carbonyl (C=O) groups excluding carboxylic acids is 1. The van der Waals surface area contributed by atoms with Crippen LogP contribution >= 0.6 is 0 Å². The Hall–Kier alpha value is -2.53. The van der Waals surface area contributed by atoms with Crippen molar-refractivity contribution in [2.24, 2.45) is 0 Å². The van der Waals surface area contributed by atoms with Crippen LogP contribution in [-0.2, 0) is 0 Å². The van der Waals surface area contributed by atoms with E-state index in [0.717, 1.165) is 32.6 Å². The summed E-state index contributed by atoms with van der Waals surface area (Å²) in [4.78, 5) is 17.1. The zero-order valence-corrected chi connectivity index (χ0v) is 14.0. The number of nitrogens with zero attached hydrogens (tertiary/aromatic N) is 2. The van der Waals surface area contributed by atoms with Crippen LogP contribution < -0.4 is 16.0 Å². The van der Waals surface area contributed by atoms with Gasteiger partial charge in [0.25, 0.3) is 5.91 Å². The van der Waals surface area contributed by atoms with Crippen LogP contribution in [0.25, 0.3) is 0 Å². The molecule has 2 aromatic rings. The highest BCUT2D eigenvalue weighted by Gasteiger charge is 2.13. The van der Waals surface area contributed by atoms with E-state index in [2.05, 4.69) is 22.2 Å². The predicted molar refractivity (Wildman–Crippen MR) is 99.6 cm³/mol. The first kappa shape index (κ1) is 16.3. The van der Waals surface area contributed by atoms with E-state index in [1.54, 1.807) is 12.1 Å². The second-order valence-electron chi connectivity index (χ2n) is 6.23. The van der Waals surface area contributed by atoms with Gasteiger partial charge in [0.05, 0.1) is 11.4 Å². The topological polar surface area (TPSA) is 61.6 Å².